The number of carbonyl (C=O) groups excluding carboxylic acids is 2. The van der Waals surface area contributed by atoms with Crippen molar-refractivity contribution in [2.24, 2.45) is 0 Å². The fraction of sp³-hybridized carbons (Fsp3) is 0.273. The second-order valence-electron chi connectivity index (χ2n) is 3.55. The normalized spacial score (nSPS) is 15.7. The molecule has 1 fully saturated rings. The van der Waals surface area contributed by atoms with Gasteiger partial charge in [0.05, 0.1) is 18.5 Å². The molecule has 0 spiro atoms. The van der Waals surface area contributed by atoms with Crippen LogP contribution in [-0.4, -0.2) is 18.9 Å². The lowest BCUT2D eigenvalue weighted by Crippen LogP contribution is -2.29. The van der Waals surface area contributed by atoms with Crippen LogP contribution in [0.25, 0.3) is 0 Å². The second kappa shape index (κ2) is 3.84. The zero-order chi connectivity index (χ0) is 11.7. The van der Waals surface area contributed by atoms with Crippen LogP contribution in [0.5, 0.6) is 5.75 Å². The molecular weight excluding hydrogens is 208 g/mol. The number of hydrogen-bond acceptors (Lipinski definition) is 4. The molecule has 1 aliphatic rings. The molecule has 2 rings (SSSR count). The van der Waals surface area contributed by atoms with Crippen molar-refractivity contribution in [3.63, 3.8) is 0 Å². The largest absolute Gasteiger partial charge is 0.497 e. The minimum Gasteiger partial charge on any atom is -0.497 e. The van der Waals surface area contributed by atoms with Crippen LogP contribution < -0.4 is 15.4 Å². The van der Waals surface area contributed by atoms with Crippen molar-refractivity contribution in [3.8, 4) is 5.75 Å². The number of imide groups is 1. The first-order valence-corrected chi connectivity index (χ1v) is 4.93. The van der Waals surface area contributed by atoms with Crippen LogP contribution in [-0.2, 0) is 9.59 Å². The number of nitrogens with zero attached hydrogens (tertiary/aromatic N) is 1. The lowest BCUT2D eigenvalue weighted by molar-refractivity contribution is -0.121. The van der Waals surface area contributed by atoms with Gasteiger partial charge in [0, 0.05) is 18.9 Å². The second-order valence-corrected chi connectivity index (χ2v) is 3.55. The topological polar surface area (TPSA) is 72.6 Å². The van der Waals surface area contributed by atoms with Crippen molar-refractivity contribution in [2.75, 3.05) is 17.7 Å². The van der Waals surface area contributed by atoms with Crippen molar-refractivity contribution in [1.82, 2.24) is 0 Å². The fourth-order valence-electron chi connectivity index (χ4n) is 1.71. The number of nitrogens with two attached hydrogens (primary N) is 1. The minimum atomic E-state index is -0.207. The van der Waals surface area contributed by atoms with Gasteiger partial charge >= 0.3 is 0 Å². The third-order valence-corrected chi connectivity index (χ3v) is 2.53. The Bertz CT molecular complexity index is 441. The van der Waals surface area contributed by atoms with E-state index in [-0.39, 0.29) is 24.7 Å². The first kappa shape index (κ1) is 10.5. The van der Waals surface area contributed by atoms with Gasteiger partial charge in [-0.05, 0) is 12.1 Å². The van der Waals surface area contributed by atoms with Gasteiger partial charge in [-0.3, -0.25) is 9.59 Å². The number of carbonyl (C=O) groups is 2. The molecule has 5 heteroatoms. The van der Waals surface area contributed by atoms with E-state index in [0.717, 1.165) is 4.90 Å². The Balaban J connectivity index is 2.40. The SMILES string of the molecule is COc1ccc(N2C(=O)CCC2=O)c(N)c1. The van der Waals surface area contributed by atoms with Gasteiger partial charge in [0.15, 0.2) is 0 Å². The molecule has 1 aliphatic heterocycles. The van der Waals surface area contributed by atoms with Gasteiger partial charge in [-0.15, -0.1) is 0 Å². The van der Waals surface area contributed by atoms with Gasteiger partial charge in [-0.1, -0.05) is 0 Å². The Kier molecular flexibility index (Phi) is 2.52. The van der Waals surface area contributed by atoms with Gasteiger partial charge < -0.3 is 10.5 Å². The zero-order valence-electron chi connectivity index (χ0n) is 8.90. The molecular formula is C11H12N2O3. The molecule has 0 unspecified atom stereocenters. The molecule has 1 aromatic rings. The van der Waals surface area contributed by atoms with Crippen molar-refractivity contribution in [3.05, 3.63) is 18.2 Å². The van der Waals surface area contributed by atoms with Gasteiger partial charge in [-0.25, -0.2) is 4.90 Å². The highest BCUT2D eigenvalue weighted by atomic mass is 16.5. The van der Waals surface area contributed by atoms with E-state index in [1.54, 1.807) is 18.2 Å². The van der Waals surface area contributed by atoms with E-state index >= 15 is 0 Å². The third kappa shape index (κ3) is 1.60. The summed E-state index contributed by atoms with van der Waals surface area (Å²) in [5.41, 5.74) is 6.58. The molecule has 2 N–H and O–H groups in total. The molecule has 1 saturated heterocycles. The van der Waals surface area contributed by atoms with E-state index in [1.807, 2.05) is 0 Å². The summed E-state index contributed by atoms with van der Waals surface area (Å²) in [6.45, 7) is 0. The van der Waals surface area contributed by atoms with Gasteiger partial charge in [0.2, 0.25) is 11.8 Å². The maximum Gasteiger partial charge on any atom is 0.234 e. The van der Waals surface area contributed by atoms with Crippen LogP contribution >= 0.6 is 0 Å². The molecule has 0 atom stereocenters. The lowest BCUT2D eigenvalue weighted by Gasteiger charge is -2.16. The molecule has 0 aromatic heterocycles. The van der Waals surface area contributed by atoms with Crippen molar-refractivity contribution >= 4 is 23.2 Å². The summed E-state index contributed by atoms with van der Waals surface area (Å²) >= 11 is 0. The molecule has 16 heavy (non-hydrogen) atoms. The van der Waals surface area contributed by atoms with Crippen LogP contribution in [0.3, 0.4) is 0 Å². The molecule has 84 valence electrons. The Labute approximate surface area is 92.8 Å². The predicted molar refractivity (Wildman–Crippen MR) is 59.1 cm³/mol. The Morgan fingerprint density at radius 1 is 1.25 bits per heavy atom. The summed E-state index contributed by atoms with van der Waals surface area (Å²) in [7, 11) is 1.53. The molecule has 0 bridgehead atoms. The summed E-state index contributed by atoms with van der Waals surface area (Å²) in [5.74, 6) is 0.184. The highest BCUT2D eigenvalue weighted by Crippen LogP contribution is 2.31. The Hall–Kier alpha value is -2.04. The van der Waals surface area contributed by atoms with Gasteiger partial charge in [0.25, 0.3) is 0 Å². The monoisotopic (exact) mass is 220 g/mol. The summed E-state index contributed by atoms with van der Waals surface area (Å²) < 4.78 is 5.00. The Morgan fingerprint density at radius 3 is 2.38 bits per heavy atom. The molecule has 0 saturated carbocycles. The van der Waals surface area contributed by atoms with Crippen molar-refractivity contribution in [2.45, 2.75) is 12.8 Å². The number of amides is 2. The Morgan fingerprint density at radius 2 is 1.88 bits per heavy atom. The maximum absolute atomic E-state index is 11.5. The van der Waals surface area contributed by atoms with Crippen LogP contribution in [0.15, 0.2) is 18.2 Å². The van der Waals surface area contributed by atoms with Crippen molar-refractivity contribution in [1.29, 1.82) is 0 Å². The highest BCUT2D eigenvalue weighted by molar-refractivity contribution is 6.21. The van der Waals surface area contributed by atoms with E-state index < -0.39 is 0 Å². The maximum atomic E-state index is 11.5. The summed E-state index contributed by atoms with van der Waals surface area (Å²) in [6.07, 6.45) is 0.509. The van der Waals surface area contributed by atoms with Crippen LogP contribution in [0.1, 0.15) is 12.8 Å². The van der Waals surface area contributed by atoms with E-state index in [4.69, 9.17) is 10.5 Å². The van der Waals surface area contributed by atoms with E-state index in [0.29, 0.717) is 17.1 Å². The molecule has 2 amide bonds. The summed E-state index contributed by atoms with van der Waals surface area (Å²) in [5, 5.41) is 0. The first-order chi connectivity index (χ1) is 7.63. The summed E-state index contributed by atoms with van der Waals surface area (Å²) in [6, 6.07) is 4.88. The number of anilines is 2. The van der Waals surface area contributed by atoms with Crippen LogP contribution in [0, 0.1) is 0 Å². The molecule has 1 aromatic carbocycles. The average molecular weight is 220 g/mol. The smallest absolute Gasteiger partial charge is 0.234 e. The van der Waals surface area contributed by atoms with E-state index in [2.05, 4.69) is 0 Å². The van der Waals surface area contributed by atoms with Gasteiger partial charge in [0.1, 0.15) is 5.75 Å². The fourth-order valence-corrected chi connectivity index (χ4v) is 1.71. The number of ether oxygens (including phenoxy) is 1. The molecule has 0 radical (unpaired) electrons. The molecule has 5 nitrogen and oxygen atoms in total. The quantitative estimate of drug-likeness (QED) is 0.594. The average Bonchev–Trinajstić information content (AvgIpc) is 2.59. The highest BCUT2D eigenvalue weighted by Gasteiger charge is 2.31. The number of rotatable bonds is 2. The number of methoxy groups -OCH3 is 1. The standard InChI is InChI=1S/C11H12N2O3/c1-16-7-2-3-9(8(12)6-7)13-10(14)4-5-11(13)15/h2-3,6H,4-5,12H2,1H3. The van der Waals surface area contributed by atoms with E-state index in [1.165, 1.54) is 7.11 Å². The lowest BCUT2D eigenvalue weighted by atomic mass is 10.2. The van der Waals surface area contributed by atoms with Crippen molar-refractivity contribution < 1.29 is 14.3 Å². The van der Waals surface area contributed by atoms with E-state index in [9.17, 15) is 9.59 Å². The number of nitrogen functional groups attached to an aromatic ring is 1. The summed E-state index contributed by atoms with van der Waals surface area (Å²) in [4.78, 5) is 24.2. The third-order valence-electron chi connectivity index (χ3n) is 2.53. The van der Waals surface area contributed by atoms with Crippen LogP contribution in [0.2, 0.25) is 0 Å². The molecule has 0 aliphatic carbocycles. The molecule has 1 heterocycles. The predicted octanol–water partition coefficient (Wildman–Crippen LogP) is 0.931. The number of benzene rings is 1. The minimum absolute atomic E-state index is 0.207. The number of hydrogen-bond donors (Lipinski definition) is 1. The zero-order valence-corrected chi connectivity index (χ0v) is 8.90. The first-order valence-electron chi connectivity index (χ1n) is 4.93. The van der Waals surface area contributed by atoms with Crippen LogP contribution in [0.4, 0.5) is 11.4 Å². The van der Waals surface area contributed by atoms with Gasteiger partial charge in [-0.2, -0.15) is 0 Å².